The summed E-state index contributed by atoms with van der Waals surface area (Å²) in [7, 11) is 0. The maximum Gasteiger partial charge on any atom is 0.0688 e. The maximum atomic E-state index is 9.38. The van der Waals surface area contributed by atoms with Crippen LogP contribution in [0.3, 0.4) is 0 Å². The number of aliphatic hydroxyl groups excluding tert-OH is 1. The van der Waals surface area contributed by atoms with Crippen LogP contribution >= 0.6 is 0 Å². The third-order valence-electron chi connectivity index (χ3n) is 2.92. The van der Waals surface area contributed by atoms with Crippen LogP contribution in [0.1, 0.15) is 5.56 Å². The van der Waals surface area contributed by atoms with Gasteiger partial charge in [-0.1, -0.05) is 24.3 Å². The molecule has 16 heavy (non-hydrogen) atoms. The van der Waals surface area contributed by atoms with Crippen molar-refractivity contribution in [2.75, 3.05) is 0 Å². The summed E-state index contributed by atoms with van der Waals surface area (Å²) in [5.74, 6) is 0. The van der Waals surface area contributed by atoms with E-state index < -0.39 is 0 Å². The monoisotopic (exact) mass is 209 g/mol. The van der Waals surface area contributed by atoms with E-state index >= 15 is 0 Å². The summed E-state index contributed by atoms with van der Waals surface area (Å²) in [4.78, 5) is 4.16. The van der Waals surface area contributed by atoms with Crippen LogP contribution in [0.25, 0.3) is 21.5 Å². The van der Waals surface area contributed by atoms with Crippen molar-refractivity contribution >= 4 is 21.5 Å². The molecular weight excluding hydrogens is 198 g/mol. The van der Waals surface area contributed by atoms with Gasteiger partial charge in [0.05, 0.1) is 6.61 Å². The molecule has 0 amide bonds. The molecule has 3 rings (SSSR count). The molecule has 2 nitrogen and oxygen atoms in total. The predicted molar refractivity (Wildman–Crippen MR) is 65.2 cm³/mol. The molecule has 0 fully saturated rings. The van der Waals surface area contributed by atoms with Gasteiger partial charge < -0.3 is 5.11 Å². The third kappa shape index (κ3) is 1.27. The Bertz CT molecular complexity index is 661. The summed E-state index contributed by atoms with van der Waals surface area (Å²) in [6.45, 7) is 0.0682. The highest BCUT2D eigenvalue weighted by Gasteiger charge is 2.04. The van der Waals surface area contributed by atoms with Crippen LogP contribution in [0.2, 0.25) is 0 Å². The van der Waals surface area contributed by atoms with E-state index in [1.807, 2.05) is 36.5 Å². The van der Waals surface area contributed by atoms with E-state index in [1.54, 1.807) is 6.20 Å². The van der Waals surface area contributed by atoms with Gasteiger partial charge in [0, 0.05) is 17.8 Å². The zero-order chi connectivity index (χ0) is 11.0. The first-order valence-corrected chi connectivity index (χ1v) is 5.25. The molecular formula is C14H11NO. The standard InChI is InChI=1S/C14H11NO/c16-9-11-7-10-5-6-15-8-14(10)13-4-2-1-3-12(11)13/h1-8,16H,9H2. The Morgan fingerprint density at radius 3 is 2.62 bits per heavy atom. The van der Waals surface area contributed by atoms with Crippen LogP contribution in [-0.4, -0.2) is 10.1 Å². The van der Waals surface area contributed by atoms with Gasteiger partial charge in [0.15, 0.2) is 0 Å². The molecule has 0 saturated carbocycles. The first kappa shape index (κ1) is 9.31. The molecule has 0 radical (unpaired) electrons. The number of rotatable bonds is 1. The highest BCUT2D eigenvalue weighted by Crippen LogP contribution is 2.27. The number of nitrogens with zero attached hydrogens (tertiary/aromatic N) is 1. The zero-order valence-electron chi connectivity index (χ0n) is 8.72. The third-order valence-corrected chi connectivity index (χ3v) is 2.92. The smallest absolute Gasteiger partial charge is 0.0688 e. The molecule has 0 aliphatic heterocycles. The molecule has 0 atom stereocenters. The minimum absolute atomic E-state index is 0.0682. The van der Waals surface area contributed by atoms with E-state index in [9.17, 15) is 5.11 Å². The van der Waals surface area contributed by atoms with E-state index in [0.717, 1.165) is 27.1 Å². The van der Waals surface area contributed by atoms with Gasteiger partial charge in [-0.25, -0.2) is 0 Å². The molecule has 0 unspecified atom stereocenters. The lowest BCUT2D eigenvalue weighted by Crippen LogP contribution is -1.88. The predicted octanol–water partition coefficient (Wildman–Crippen LogP) is 2.88. The Labute approximate surface area is 93.2 Å². The molecule has 0 saturated heterocycles. The lowest BCUT2D eigenvalue weighted by molar-refractivity contribution is 0.283. The second-order valence-corrected chi connectivity index (χ2v) is 3.84. The van der Waals surface area contributed by atoms with Gasteiger partial charge >= 0.3 is 0 Å². The molecule has 1 aromatic heterocycles. The number of fused-ring (bicyclic) bond motifs is 3. The largest absolute Gasteiger partial charge is 0.392 e. The fourth-order valence-corrected chi connectivity index (χ4v) is 2.15. The Morgan fingerprint density at radius 1 is 1.00 bits per heavy atom. The summed E-state index contributed by atoms with van der Waals surface area (Å²) >= 11 is 0. The fraction of sp³-hybridized carbons (Fsp3) is 0.0714. The number of hydrogen-bond acceptors (Lipinski definition) is 2. The van der Waals surface area contributed by atoms with Crippen molar-refractivity contribution in [3.63, 3.8) is 0 Å². The Hall–Kier alpha value is -1.93. The Kier molecular flexibility index (Phi) is 2.08. The van der Waals surface area contributed by atoms with E-state index in [4.69, 9.17) is 0 Å². The molecule has 0 spiro atoms. The molecule has 2 heteroatoms. The van der Waals surface area contributed by atoms with Gasteiger partial charge in [-0.2, -0.15) is 0 Å². The maximum absolute atomic E-state index is 9.38. The number of hydrogen-bond donors (Lipinski definition) is 1. The minimum atomic E-state index is 0.0682. The molecule has 1 N–H and O–H groups in total. The van der Waals surface area contributed by atoms with Gasteiger partial charge in [0.1, 0.15) is 0 Å². The van der Waals surface area contributed by atoms with E-state index in [-0.39, 0.29) is 6.61 Å². The summed E-state index contributed by atoms with van der Waals surface area (Å²) in [5, 5.41) is 13.9. The van der Waals surface area contributed by atoms with E-state index in [2.05, 4.69) is 11.1 Å². The first-order chi connectivity index (χ1) is 7.90. The van der Waals surface area contributed by atoms with Crippen molar-refractivity contribution in [1.29, 1.82) is 0 Å². The average Bonchev–Trinajstić information content (AvgIpc) is 2.38. The number of benzene rings is 2. The molecule has 78 valence electrons. The summed E-state index contributed by atoms with van der Waals surface area (Å²) in [6, 6.07) is 12.1. The van der Waals surface area contributed by atoms with Gasteiger partial charge in [-0.05, 0) is 33.9 Å². The van der Waals surface area contributed by atoms with E-state index in [0.29, 0.717) is 0 Å². The van der Waals surface area contributed by atoms with E-state index in [1.165, 1.54) is 0 Å². The first-order valence-electron chi connectivity index (χ1n) is 5.25. The van der Waals surface area contributed by atoms with Crippen LogP contribution in [-0.2, 0) is 6.61 Å². The zero-order valence-corrected chi connectivity index (χ0v) is 8.72. The highest BCUT2D eigenvalue weighted by atomic mass is 16.3. The highest BCUT2D eigenvalue weighted by molar-refractivity contribution is 6.08. The van der Waals surface area contributed by atoms with Gasteiger partial charge in [-0.15, -0.1) is 0 Å². The molecule has 2 aromatic carbocycles. The number of pyridine rings is 1. The van der Waals surface area contributed by atoms with Crippen LogP contribution in [0.5, 0.6) is 0 Å². The van der Waals surface area contributed by atoms with Crippen molar-refractivity contribution in [2.24, 2.45) is 0 Å². The number of aliphatic hydroxyl groups is 1. The molecule has 3 aromatic rings. The summed E-state index contributed by atoms with van der Waals surface area (Å²) < 4.78 is 0. The van der Waals surface area contributed by atoms with Crippen LogP contribution in [0, 0.1) is 0 Å². The molecule has 1 heterocycles. The van der Waals surface area contributed by atoms with Gasteiger partial charge in [0.25, 0.3) is 0 Å². The van der Waals surface area contributed by atoms with Crippen LogP contribution in [0.4, 0.5) is 0 Å². The summed E-state index contributed by atoms with van der Waals surface area (Å²) in [5.41, 5.74) is 0.967. The quantitative estimate of drug-likeness (QED) is 0.625. The summed E-state index contributed by atoms with van der Waals surface area (Å²) in [6.07, 6.45) is 3.65. The van der Waals surface area contributed by atoms with Crippen molar-refractivity contribution in [3.05, 3.63) is 54.4 Å². The molecule has 0 bridgehead atoms. The molecule has 0 aliphatic carbocycles. The van der Waals surface area contributed by atoms with Crippen molar-refractivity contribution in [1.82, 2.24) is 4.98 Å². The van der Waals surface area contributed by atoms with Gasteiger partial charge in [0.2, 0.25) is 0 Å². The lowest BCUT2D eigenvalue weighted by Gasteiger charge is -2.07. The second-order valence-electron chi connectivity index (χ2n) is 3.84. The Balaban J connectivity index is 2.57. The molecule has 0 aliphatic rings. The SMILES string of the molecule is OCc1cc2ccncc2c2ccccc12. The average molecular weight is 209 g/mol. The lowest BCUT2D eigenvalue weighted by atomic mass is 9.99. The van der Waals surface area contributed by atoms with Gasteiger partial charge in [-0.3, -0.25) is 4.98 Å². The van der Waals surface area contributed by atoms with Crippen molar-refractivity contribution < 1.29 is 5.11 Å². The Morgan fingerprint density at radius 2 is 1.81 bits per heavy atom. The number of aromatic nitrogens is 1. The normalized spacial score (nSPS) is 11.1. The topological polar surface area (TPSA) is 33.1 Å². The van der Waals surface area contributed by atoms with Crippen LogP contribution in [0.15, 0.2) is 48.8 Å². The second kappa shape index (κ2) is 3.58. The van der Waals surface area contributed by atoms with Crippen LogP contribution < -0.4 is 0 Å². The minimum Gasteiger partial charge on any atom is -0.392 e. The fourth-order valence-electron chi connectivity index (χ4n) is 2.15. The van der Waals surface area contributed by atoms with Crippen molar-refractivity contribution in [3.8, 4) is 0 Å². The van der Waals surface area contributed by atoms with Crippen molar-refractivity contribution in [2.45, 2.75) is 6.61 Å².